The highest BCUT2D eigenvalue weighted by Gasteiger charge is 2.29. The van der Waals surface area contributed by atoms with Gasteiger partial charge in [-0.3, -0.25) is 9.18 Å². The van der Waals surface area contributed by atoms with Crippen molar-refractivity contribution in [2.75, 3.05) is 19.8 Å². The van der Waals surface area contributed by atoms with Crippen LogP contribution in [-0.4, -0.2) is 42.4 Å². The maximum Gasteiger partial charge on any atom is 0.347 e. The molecule has 3 aromatic rings. The topological polar surface area (TPSA) is 84.9 Å². The third kappa shape index (κ3) is 8.22. The van der Waals surface area contributed by atoms with Crippen molar-refractivity contribution in [1.29, 1.82) is 0 Å². The molecule has 2 N–H and O–H groups in total. The minimum absolute atomic E-state index is 0.284. The van der Waals surface area contributed by atoms with Gasteiger partial charge in [-0.15, -0.1) is 0 Å². The number of nitrogens with one attached hydrogen (secondary N) is 1. The van der Waals surface area contributed by atoms with Crippen molar-refractivity contribution < 1.29 is 28.6 Å². The number of hydrogen-bond donors (Lipinski definition) is 2. The smallest absolute Gasteiger partial charge is 0.347 e. The fourth-order valence-electron chi connectivity index (χ4n) is 3.52. The lowest BCUT2D eigenvalue weighted by molar-refractivity contribution is -0.152. The summed E-state index contributed by atoms with van der Waals surface area (Å²) in [5, 5.41) is 12.5. The maximum atomic E-state index is 12.7. The summed E-state index contributed by atoms with van der Waals surface area (Å²) in [6, 6.07) is 20.1. The first-order chi connectivity index (χ1) is 17.7. The summed E-state index contributed by atoms with van der Waals surface area (Å²) < 4.78 is 23.5. The molecule has 0 aliphatic carbocycles. The normalized spacial score (nSPS) is 11.1. The number of hydrogen-bond acceptors (Lipinski definition) is 4. The van der Waals surface area contributed by atoms with E-state index in [1.165, 1.54) is 13.8 Å². The van der Waals surface area contributed by atoms with Gasteiger partial charge in [-0.1, -0.05) is 48.0 Å². The molecule has 0 saturated heterocycles. The molecule has 8 heteroatoms. The Bertz CT molecular complexity index is 1200. The third-order valence-corrected chi connectivity index (χ3v) is 5.94. The average molecular weight is 528 g/mol. The Morgan fingerprint density at radius 1 is 0.973 bits per heavy atom. The summed E-state index contributed by atoms with van der Waals surface area (Å²) in [7, 11) is 0. The molecule has 0 saturated carbocycles. The summed E-state index contributed by atoms with van der Waals surface area (Å²) in [5.41, 5.74) is 2.07. The van der Waals surface area contributed by atoms with Gasteiger partial charge in [-0.2, -0.15) is 0 Å². The summed E-state index contributed by atoms with van der Waals surface area (Å²) in [6.07, 6.45) is 1.62. The number of carbonyl (C=O) groups is 2. The van der Waals surface area contributed by atoms with E-state index in [1.807, 2.05) is 36.4 Å². The van der Waals surface area contributed by atoms with Gasteiger partial charge in [0.2, 0.25) is 0 Å². The molecule has 0 heterocycles. The maximum absolute atomic E-state index is 12.7. The molecule has 3 aromatic carbocycles. The van der Waals surface area contributed by atoms with Crippen LogP contribution in [0, 0.1) is 0 Å². The lowest BCUT2D eigenvalue weighted by Crippen LogP contribution is -2.37. The van der Waals surface area contributed by atoms with Gasteiger partial charge in [-0.05, 0) is 80.1 Å². The van der Waals surface area contributed by atoms with Crippen molar-refractivity contribution in [3.8, 4) is 22.6 Å². The van der Waals surface area contributed by atoms with Crippen LogP contribution in [0.4, 0.5) is 4.39 Å². The van der Waals surface area contributed by atoms with Crippen molar-refractivity contribution in [2.45, 2.75) is 38.7 Å². The van der Waals surface area contributed by atoms with Crippen LogP contribution in [-0.2, 0) is 11.2 Å². The highest BCUT2D eigenvalue weighted by atomic mass is 35.5. The number of carbonyl (C=O) groups excluding carboxylic acids is 1. The zero-order valence-corrected chi connectivity index (χ0v) is 21.7. The fourth-order valence-corrected chi connectivity index (χ4v) is 3.69. The number of carboxylic acid groups (broad SMARTS) is 1. The Labute approximate surface area is 221 Å². The molecule has 0 fully saturated rings. The highest BCUT2D eigenvalue weighted by molar-refractivity contribution is 6.31. The fraction of sp³-hybridized carbons (Fsp3) is 0.310. The number of benzene rings is 3. The average Bonchev–Trinajstić information content (AvgIpc) is 2.88. The Morgan fingerprint density at radius 2 is 1.62 bits per heavy atom. The molecule has 37 heavy (non-hydrogen) atoms. The Kier molecular flexibility index (Phi) is 9.92. The van der Waals surface area contributed by atoms with Crippen molar-refractivity contribution in [3.05, 3.63) is 82.9 Å². The number of carboxylic acids is 1. The van der Waals surface area contributed by atoms with Gasteiger partial charge >= 0.3 is 5.97 Å². The van der Waals surface area contributed by atoms with Crippen LogP contribution in [0.15, 0.2) is 66.7 Å². The molecule has 3 rings (SSSR count). The van der Waals surface area contributed by atoms with E-state index in [1.54, 1.807) is 30.3 Å². The molecule has 0 aromatic heterocycles. The summed E-state index contributed by atoms with van der Waals surface area (Å²) in [5.74, 6) is -0.410. The molecule has 196 valence electrons. The van der Waals surface area contributed by atoms with Crippen LogP contribution in [0.3, 0.4) is 0 Å². The Balaban J connectivity index is 1.54. The molecule has 0 unspecified atom stereocenters. The van der Waals surface area contributed by atoms with Crippen LogP contribution in [0.1, 0.15) is 42.6 Å². The van der Waals surface area contributed by atoms with Gasteiger partial charge < -0.3 is 19.9 Å². The van der Waals surface area contributed by atoms with E-state index in [0.717, 1.165) is 16.7 Å². The van der Waals surface area contributed by atoms with E-state index in [-0.39, 0.29) is 5.91 Å². The molecule has 6 nitrogen and oxygen atoms in total. The predicted molar refractivity (Wildman–Crippen MR) is 142 cm³/mol. The third-order valence-electron chi connectivity index (χ3n) is 5.70. The SMILES string of the molecule is CC(C)(Oc1ccc(-c2ccc(CCNC(=O)c3cc(Cl)ccc3OCCCCF)cc2)cc1)C(=O)O. The van der Waals surface area contributed by atoms with Crippen molar-refractivity contribution in [3.63, 3.8) is 0 Å². The van der Waals surface area contributed by atoms with Crippen molar-refractivity contribution >= 4 is 23.5 Å². The van der Waals surface area contributed by atoms with Crippen LogP contribution in [0.2, 0.25) is 5.02 Å². The highest BCUT2D eigenvalue weighted by Crippen LogP contribution is 2.26. The Hall–Kier alpha value is -3.58. The van der Waals surface area contributed by atoms with Crippen LogP contribution in [0.25, 0.3) is 11.1 Å². The first kappa shape index (κ1) is 28.0. The molecule has 0 bridgehead atoms. The van der Waals surface area contributed by atoms with Crippen LogP contribution in [0.5, 0.6) is 11.5 Å². The Morgan fingerprint density at radius 3 is 2.24 bits per heavy atom. The molecule has 0 aliphatic heterocycles. The number of ether oxygens (including phenoxy) is 2. The predicted octanol–water partition coefficient (Wildman–Crippen LogP) is 6.35. The van der Waals surface area contributed by atoms with E-state index in [4.69, 9.17) is 21.1 Å². The van der Waals surface area contributed by atoms with E-state index in [9.17, 15) is 19.1 Å². The second-order valence-electron chi connectivity index (χ2n) is 9.03. The molecule has 0 aliphatic rings. The number of rotatable bonds is 13. The zero-order chi connectivity index (χ0) is 26.8. The molecule has 0 atom stereocenters. The molecule has 1 amide bonds. The van der Waals surface area contributed by atoms with Gasteiger partial charge in [-0.25, -0.2) is 4.79 Å². The summed E-state index contributed by atoms with van der Waals surface area (Å²) in [4.78, 5) is 24.0. The van der Waals surface area contributed by atoms with Crippen molar-refractivity contribution in [1.82, 2.24) is 5.32 Å². The van der Waals surface area contributed by atoms with Gasteiger partial charge in [0.05, 0.1) is 18.8 Å². The van der Waals surface area contributed by atoms with E-state index in [2.05, 4.69) is 5.32 Å². The standard InChI is InChI=1S/C29H31ClFNO5/c1-29(2,28(34)35)37-24-12-9-22(10-13-24)21-7-5-20(6-8-21)15-17-32-27(33)25-19-23(30)11-14-26(25)36-18-4-3-16-31/h5-14,19H,3-4,15-18H2,1-2H3,(H,32,33)(H,34,35). The van der Waals surface area contributed by atoms with Gasteiger partial charge in [0.1, 0.15) is 11.5 Å². The molecular formula is C29H31ClFNO5. The van der Waals surface area contributed by atoms with Crippen LogP contribution < -0.4 is 14.8 Å². The second kappa shape index (κ2) is 13.1. The monoisotopic (exact) mass is 527 g/mol. The first-order valence-corrected chi connectivity index (χ1v) is 12.5. The van der Waals surface area contributed by atoms with Crippen LogP contribution >= 0.6 is 11.6 Å². The first-order valence-electron chi connectivity index (χ1n) is 12.1. The summed E-state index contributed by atoms with van der Waals surface area (Å²) >= 11 is 6.07. The minimum atomic E-state index is -1.31. The number of halogens is 2. The molecule has 0 radical (unpaired) electrons. The van der Waals surface area contributed by atoms with E-state index < -0.39 is 18.2 Å². The quantitative estimate of drug-likeness (QED) is 0.253. The number of amides is 1. The molecular weight excluding hydrogens is 497 g/mol. The van der Waals surface area contributed by atoms with Gasteiger partial charge in [0.25, 0.3) is 5.91 Å². The minimum Gasteiger partial charge on any atom is -0.493 e. The molecule has 0 spiro atoms. The number of aliphatic carboxylic acids is 1. The van der Waals surface area contributed by atoms with E-state index in [0.29, 0.717) is 54.5 Å². The summed E-state index contributed by atoms with van der Waals surface area (Å²) in [6.45, 7) is 3.37. The van der Waals surface area contributed by atoms with Crippen molar-refractivity contribution in [2.24, 2.45) is 0 Å². The zero-order valence-electron chi connectivity index (χ0n) is 20.9. The lowest BCUT2D eigenvalue weighted by Gasteiger charge is -2.21. The van der Waals surface area contributed by atoms with Gasteiger partial charge in [0, 0.05) is 11.6 Å². The largest absolute Gasteiger partial charge is 0.493 e. The number of alkyl halides is 1. The lowest BCUT2D eigenvalue weighted by atomic mass is 10.0. The van der Waals surface area contributed by atoms with Gasteiger partial charge in [0.15, 0.2) is 5.60 Å². The number of unbranched alkanes of at least 4 members (excludes halogenated alkanes) is 1. The second-order valence-corrected chi connectivity index (χ2v) is 9.47. The van der Waals surface area contributed by atoms with E-state index >= 15 is 0 Å².